The van der Waals surface area contributed by atoms with E-state index in [4.69, 9.17) is 26.8 Å². The second kappa shape index (κ2) is 8.35. The topological polar surface area (TPSA) is 114 Å². The predicted octanol–water partition coefficient (Wildman–Crippen LogP) is 3.06. The molecule has 0 aliphatic carbocycles. The van der Waals surface area contributed by atoms with Gasteiger partial charge >= 0.3 is 5.97 Å². The third-order valence-corrected chi connectivity index (χ3v) is 3.77. The molecule has 2 rings (SSSR count). The molecule has 0 heterocycles. The van der Waals surface area contributed by atoms with E-state index < -0.39 is 5.97 Å². The monoisotopic (exact) mass is 378 g/mol. The molecule has 7 nitrogen and oxygen atoms in total. The SMILES string of the molecule is CCOC(=O)/C(N)=C(/Nc1cc(Cl)c(O)cc1O)c1ccc(OC)cc1. The van der Waals surface area contributed by atoms with Crippen LogP contribution in [0.3, 0.4) is 0 Å². The maximum Gasteiger partial charge on any atom is 0.356 e. The van der Waals surface area contributed by atoms with Crippen LogP contribution in [0.1, 0.15) is 12.5 Å². The Bertz CT molecular complexity index is 834. The summed E-state index contributed by atoms with van der Waals surface area (Å²) in [6.45, 7) is 1.82. The first-order valence-electron chi connectivity index (χ1n) is 7.67. The van der Waals surface area contributed by atoms with E-state index in [2.05, 4.69) is 5.32 Å². The molecule has 2 aromatic rings. The number of anilines is 1. The van der Waals surface area contributed by atoms with E-state index >= 15 is 0 Å². The molecule has 2 aromatic carbocycles. The molecule has 0 amide bonds. The zero-order valence-corrected chi connectivity index (χ0v) is 15.0. The van der Waals surface area contributed by atoms with E-state index in [0.717, 1.165) is 6.07 Å². The summed E-state index contributed by atoms with van der Waals surface area (Å²) in [6, 6.07) is 9.15. The standard InChI is InChI=1S/C18H19ClN2O5/c1-3-26-18(24)16(20)17(10-4-6-11(25-2)7-5-10)21-13-8-12(19)14(22)9-15(13)23/h4-9,21-23H,3,20H2,1-2H3/b17-16-. The van der Waals surface area contributed by atoms with Crippen LogP contribution in [0.25, 0.3) is 5.70 Å². The number of carbonyl (C=O) groups is 1. The van der Waals surface area contributed by atoms with Crippen LogP contribution in [0, 0.1) is 0 Å². The zero-order valence-electron chi connectivity index (χ0n) is 14.2. The molecule has 0 saturated heterocycles. The highest BCUT2D eigenvalue weighted by Crippen LogP contribution is 2.36. The lowest BCUT2D eigenvalue weighted by molar-refractivity contribution is -0.138. The van der Waals surface area contributed by atoms with Crippen molar-refractivity contribution in [2.45, 2.75) is 6.92 Å². The van der Waals surface area contributed by atoms with E-state index in [1.165, 1.54) is 13.2 Å². The first-order chi connectivity index (χ1) is 12.4. The molecular formula is C18H19ClN2O5. The minimum Gasteiger partial charge on any atom is -0.506 e. The maximum atomic E-state index is 12.1. The Morgan fingerprint density at radius 2 is 1.85 bits per heavy atom. The molecule has 0 spiro atoms. The van der Waals surface area contributed by atoms with Gasteiger partial charge in [-0.25, -0.2) is 4.79 Å². The van der Waals surface area contributed by atoms with Gasteiger partial charge in [-0.2, -0.15) is 0 Å². The molecule has 0 unspecified atom stereocenters. The minimum absolute atomic E-state index is 0.0223. The van der Waals surface area contributed by atoms with Crippen LogP contribution in [0.5, 0.6) is 17.2 Å². The average Bonchev–Trinajstić information content (AvgIpc) is 2.63. The van der Waals surface area contributed by atoms with Gasteiger partial charge in [-0.05, 0) is 37.3 Å². The van der Waals surface area contributed by atoms with Gasteiger partial charge in [0.05, 0.1) is 30.1 Å². The van der Waals surface area contributed by atoms with Crippen LogP contribution < -0.4 is 15.8 Å². The number of phenols is 2. The van der Waals surface area contributed by atoms with Crippen LogP contribution in [0.2, 0.25) is 5.02 Å². The Labute approximate surface area is 155 Å². The van der Waals surface area contributed by atoms with Crippen LogP contribution >= 0.6 is 11.6 Å². The van der Waals surface area contributed by atoms with Crippen molar-refractivity contribution in [2.24, 2.45) is 5.73 Å². The summed E-state index contributed by atoms with van der Waals surface area (Å²) >= 11 is 5.89. The number of halogens is 1. The number of nitrogens with one attached hydrogen (secondary N) is 1. The molecule has 0 aliphatic rings. The molecule has 26 heavy (non-hydrogen) atoms. The van der Waals surface area contributed by atoms with Crippen molar-refractivity contribution in [3.8, 4) is 17.2 Å². The van der Waals surface area contributed by atoms with Crippen molar-refractivity contribution in [2.75, 3.05) is 19.0 Å². The predicted molar refractivity (Wildman–Crippen MR) is 99.1 cm³/mol. The molecule has 5 N–H and O–H groups in total. The molecule has 0 radical (unpaired) electrons. The number of hydrogen-bond donors (Lipinski definition) is 4. The normalized spacial score (nSPS) is 11.5. The summed E-state index contributed by atoms with van der Waals surface area (Å²) in [4.78, 5) is 12.1. The van der Waals surface area contributed by atoms with Crippen LogP contribution in [-0.2, 0) is 9.53 Å². The van der Waals surface area contributed by atoms with E-state index in [9.17, 15) is 15.0 Å². The summed E-state index contributed by atoms with van der Waals surface area (Å²) < 4.78 is 10.1. The van der Waals surface area contributed by atoms with Crippen molar-refractivity contribution in [3.05, 3.63) is 52.7 Å². The summed E-state index contributed by atoms with van der Waals surface area (Å²) in [5, 5.41) is 22.5. The molecule has 0 fully saturated rings. The van der Waals surface area contributed by atoms with Crippen molar-refractivity contribution in [1.82, 2.24) is 0 Å². The quantitative estimate of drug-likeness (QED) is 0.264. The van der Waals surface area contributed by atoms with Crippen LogP contribution in [0.4, 0.5) is 5.69 Å². The number of esters is 1. The Kier molecular flexibility index (Phi) is 6.19. The van der Waals surface area contributed by atoms with Crippen LogP contribution in [-0.4, -0.2) is 29.9 Å². The van der Waals surface area contributed by atoms with Gasteiger partial charge < -0.3 is 30.7 Å². The number of hydrogen-bond acceptors (Lipinski definition) is 7. The van der Waals surface area contributed by atoms with Crippen molar-refractivity contribution in [1.29, 1.82) is 0 Å². The highest BCUT2D eigenvalue weighted by molar-refractivity contribution is 6.32. The zero-order chi connectivity index (χ0) is 19.3. The van der Waals surface area contributed by atoms with Gasteiger partial charge in [0.15, 0.2) is 0 Å². The summed E-state index contributed by atoms with van der Waals surface area (Å²) in [7, 11) is 1.54. The second-order valence-electron chi connectivity index (χ2n) is 5.18. The fourth-order valence-electron chi connectivity index (χ4n) is 2.15. The number of phenolic OH excluding ortho intramolecular Hbond substituents is 2. The third-order valence-electron chi connectivity index (χ3n) is 3.47. The number of nitrogens with two attached hydrogens (primary N) is 1. The summed E-state index contributed by atoms with van der Waals surface area (Å²) in [6.07, 6.45) is 0. The number of carbonyl (C=O) groups excluding carboxylic acids is 1. The van der Waals surface area contributed by atoms with Crippen molar-refractivity contribution >= 4 is 29.0 Å². The lowest BCUT2D eigenvalue weighted by atomic mass is 10.1. The average molecular weight is 379 g/mol. The number of rotatable bonds is 6. The fourth-order valence-corrected chi connectivity index (χ4v) is 2.31. The minimum atomic E-state index is -0.713. The Morgan fingerprint density at radius 1 is 1.19 bits per heavy atom. The Hall–Kier alpha value is -3.06. The molecular weight excluding hydrogens is 360 g/mol. The number of benzene rings is 2. The number of aromatic hydroxyl groups is 2. The van der Waals surface area contributed by atoms with Gasteiger partial charge in [0, 0.05) is 11.6 Å². The summed E-state index contributed by atoms with van der Waals surface area (Å²) in [5.74, 6) is -0.633. The maximum absolute atomic E-state index is 12.1. The number of methoxy groups -OCH3 is 1. The molecule has 0 atom stereocenters. The van der Waals surface area contributed by atoms with Crippen molar-refractivity contribution in [3.63, 3.8) is 0 Å². The van der Waals surface area contributed by atoms with Crippen LogP contribution in [0.15, 0.2) is 42.1 Å². The number of ether oxygens (including phenoxy) is 2. The van der Waals surface area contributed by atoms with E-state index in [1.54, 1.807) is 31.2 Å². The lowest BCUT2D eigenvalue weighted by Gasteiger charge is -2.16. The molecule has 0 saturated carbocycles. The van der Waals surface area contributed by atoms with Crippen molar-refractivity contribution < 1.29 is 24.5 Å². The smallest absolute Gasteiger partial charge is 0.356 e. The molecule has 0 bridgehead atoms. The molecule has 8 heteroatoms. The molecule has 138 valence electrons. The molecule has 0 aliphatic heterocycles. The van der Waals surface area contributed by atoms with Gasteiger partial charge in [0.1, 0.15) is 22.9 Å². The van der Waals surface area contributed by atoms with Gasteiger partial charge in [0.25, 0.3) is 0 Å². The second-order valence-corrected chi connectivity index (χ2v) is 5.59. The Morgan fingerprint density at radius 3 is 2.42 bits per heavy atom. The largest absolute Gasteiger partial charge is 0.506 e. The highest BCUT2D eigenvalue weighted by Gasteiger charge is 2.18. The first kappa shape index (κ1) is 19.3. The van der Waals surface area contributed by atoms with Gasteiger partial charge in [-0.1, -0.05) is 11.6 Å². The molecule has 0 aromatic heterocycles. The van der Waals surface area contributed by atoms with Gasteiger partial charge in [0.2, 0.25) is 0 Å². The lowest BCUT2D eigenvalue weighted by Crippen LogP contribution is -2.19. The van der Waals surface area contributed by atoms with E-state index in [-0.39, 0.29) is 40.2 Å². The van der Waals surface area contributed by atoms with E-state index in [1.807, 2.05) is 0 Å². The van der Waals surface area contributed by atoms with Gasteiger partial charge in [-0.15, -0.1) is 0 Å². The van der Waals surface area contributed by atoms with Gasteiger partial charge in [-0.3, -0.25) is 0 Å². The summed E-state index contributed by atoms with van der Waals surface area (Å²) in [5.41, 5.74) is 6.71. The first-order valence-corrected chi connectivity index (χ1v) is 8.05. The highest BCUT2D eigenvalue weighted by atomic mass is 35.5. The fraction of sp³-hybridized carbons (Fsp3) is 0.167. The van der Waals surface area contributed by atoms with E-state index in [0.29, 0.717) is 11.3 Å². The third kappa shape index (κ3) is 4.31. The Balaban J connectivity index is 2.51.